The number of nitrogens with zero attached hydrogens (tertiary/aromatic N) is 2. The summed E-state index contributed by atoms with van der Waals surface area (Å²) in [4.78, 5) is 17.4. The van der Waals surface area contributed by atoms with Gasteiger partial charge in [-0.2, -0.15) is 0 Å². The molecule has 25 heavy (non-hydrogen) atoms. The molecule has 3 nitrogen and oxygen atoms in total. The van der Waals surface area contributed by atoms with Crippen molar-refractivity contribution in [3.63, 3.8) is 0 Å². The second-order valence-electron chi connectivity index (χ2n) is 6.66. The van der Waals surface area contributed by atoms with E-state index < -0.39 is 0 Å². The van der Waals surface area contributed by atoms with Crippen molar-refractivity contribution in [2.75, 3.05) is 32.1 Å². The zero-order chi connectivity index (χ0) is 18.0. The molecule has 2 aromatic rings. The third kappa shape index (κ3) is 4.40. The van der Waals surface area contributed by atoms with Gasteiger partial charge in [0.2, 0.25) is 0 Å². The molecule has 3 rings (SSSR count). The molecular weight excluding hydrogens is 359 g/mol. The number of anilines is 1. The van der Waals surface area contributed by atoms with E-state index in [1.807, 2.05) is 13.1 Å². The lowest BCUT2D eigenvalue weighted by Gasteiger charge is -2.36. The summed E-state index contributed by atoms with van der Waals surface area (Å²) in [5, 5.41) is 2.26. The van der Waals surface area contributed by atoms with Crippen LogP contribution in [-0.4, -0.2) is 43.9 Å². The highest BCUT2D eigenvalue weighted by Gasteiger charge is 2.22. The van der Waals surface area contributed by atoms with Crippen LogP contribution < -0.4 is 4.90 Å². The summed E-state index contributed by atoms with van der Waals surface area (Å²) in [6, 6.07) is 7.01. The molecule has 0 bridgehead atoms. The van der Waals surface area contributed by atoms with Crippen molar-refractivity contribution in [2.24, 2.45) is 0 Å². The number of halogens is 2. The van der Waals surface area contributed by atoms with E-state index in [0.29, 0.717) is 21.5 Å². The van der Waals surface area contributed by atoms with E-state index >= 15 is 0 Å². The van der Waals surface area contributed by atoms with Gasteiger partial charge in [0, 0.05) is 25.2 Å². The van der Waals surface area contributed by atoms with E-state index in [0.717, 1.165) is 31.6 Å². The first-order chi connectivity index (χ1) is 11.9. The van der Waals surface area contributed by atoms with Crippen molar-refractivity contribution in [2.45, 2.75) is 25.3 Å². The van der Waals surface area contributed by atoms with E-state index in [4.69, 9.17) is 11.6 Å². The maximum atomic E-state index is 14.1. The summed E-state index contributed by atoms with van der Waals surface area (Å²) in [5.41, 5.74) is 1.51. The molecule has 1 aliphatic rings. The molecular formula is C19H22ClFN2OS. The third-order valence-electron chi connectivity index (χ3n) is 4.82. The average Bonchev–Trinajstić information content (AvgIpc) is 3.00. The SMILES string of the molecule is CN1CCC(N(C)c2cc(F)cc(CC(=O)c3sccc3Cl)c2)CC1. The summed E-state index contributed by atoms with van der Waals surface area (Å²) in [7, 11) is 4.13. The number of ketones is 1. The Kier molecular flexibility index (Phi) is 5.77. The highest BCUT2D eigenvalue weighted by molar-refractivity contribution is 7.12. The number of rotatable bonds is 5. The van der Waals surface area contributed by atoms with E-state index in [9.17, 15) is 9.18 Å². The fraction of sp³-hybridized carbons (Fsp3) is 0.421. The Morgan fingerprint density at radius 3 is 2.72 bits per heavy atom. The Hall–Kier alpha value is -1.43. The first-order valence-corrected chi connectivity index (χ1v) is 9.67. The summed E-state index contributed by atoms with van der Waals surface area (Å²) < 4.78 is 14.1. The van der Waals surface area contributed by atoms with Crippen molar-refractivity contribution in [3.05, 3.63) is 50.9 Å². The Balaban J connectivity index is 1.76. The molecule has 1 aromatic heterocycles. The molecule has 1 fully saturated rings. The van der Waals surface area contributed by atoms with Crippen LogP contribution in [0.4, 0.5) is 10.1 Å². The molecule has 0 aliphatic carbocycles. The van der Waals surface area contributed by atoms with Crippen LogP contribution in [0, 0.1) is 5.82 Å². The maximum absolute atomic E-state index is 14.1. The number of hydrogen-bond donors (Lipinski definition) is 0. The van der Waals surface area contributed by atoms with Crippen LogP contribution in [0.1, 0.15) is 28.1 Å². The number of Topliss-reactive ketones (excluding diaryl/α,β-unsaturated/α-hetero) is 1. The molecule has 0 unspecified atom stereocenters. The fourth-order valence-corrected chi connectivity index (χ4v) is 4.39. The smallest absolute Gasteiger partial charge is 0.178 e. The lowest BCUT2D eigenvalue weighted by Crippen LogP contribution is -2.42. The molecule has 0 amide bonds. The monoisotopic (exact) mass is 380 g/mol. The highest BCUT2D eigenvalue weighted by atomic mass is 35.5. The van der Waals surface area contributed by atoms with Crippen LogP contribution >= 0.6 is 22.9 Å². The van der Waals surface area contributed by atoms with Gasteiger partial charge >= 0.3 is 0 Å². The molecule has 1 aliphatic heterocycles. The molecule has 134 valence electrons. The predicted molar refractivity (Wildman–Crippen MR) is 103 cm³/mol. The van der Waals surface area contributed by atoms with Gasteiger partial charge in [0.25, 0.3) is 0 Å². The minimum absolute atomic E-state index is 0.0708. The Morgan fingerprint density at radius 1 is 1.36 bits per heavy atom. The van der Waals surface area contributed by atoms with Gasteiger partial charge in [-0.15, -0.1) is 11.3 Å². The van der Waals surface area contributed by atoms with Gasteiger partial charge in [0.1, 0.15) is 5.82 Å². The van der Waals surface area contributed by atoms with Gasteiger partial charge in [-0.1, -0.05) is 11.6 Å². The van der Waals surface area contributed by atoms with Crippen LogP contribution in [0.15, 0.2) is 29.6 Å². The lowest BCUT2D eigenvalue weighted by atomic mass is 10.0. The second-order valence-corrected chi connectivity index (χ2v) is 7.98. The second kappa shape index (κ2) is 7.85. The van der Waals surface area contributed by atoms with Crippen LogP contribution in [0.25, 0.3) is 0 Å². The van der Waals surface area contributed by atoms with Crippen molar-refractivity contribution in [1.29, 1.82) is 0 Å². The number of hydrogen-bond acceptors (Lipinski definition) is 4. The Bertz CT molecular complexity index is 756. The molecule has 0 saturated carbocycles. The van der Waals surface area contributed by atoms with Crippen LogP contribution in [0.3, 0.4) is 0 Å². The van der Waals surface area contributed by atoms with Crippen LogP contribution in [-0.2, 0) is 6.42 Å². The van der Waals surface area contributed by atoms with Crippen molar-refractivity contribution < 1.29 is 9.18 Å². The van der Waals surface area contributed by atoms with Crippen molar-refractivity contribution >= 4 is 34.4 Å². The fourth-order valence-electron chi connectivity index (χ4n) is 3.29. The number of carbonyl (C=O) groups excluding carboxylic acids is 1. The maximum Gasteiger partial charge on any atom is 0.178 e. The van der Waals surface area contributed by atoms with E-state index in [1.54, 1.807) is 17.5 Å². The zero-order valence-corrected chi connectivity index (χ0v) is 16.0. The van der Waals surface area contributed by atoms with Crippen molar-refractivity contribution in [3.8, 4) is 0 Å². The zero-order valence-electron chi connectivity index (χ0n) is 14.5. The molecule has 0 atom stereocenters. The van der Waals surface area contributed by atoms with Gasteiger partial charge in [0.15, 0.2) is 5.78 Å². The van der Waals surface area contributed by atoms with Gasteiger partial charge < -0.3 is 9.80 Å². The number of carbonyl (C=O) groups is 1. The highest BCUT2D eigenvalue weighted by Crippen LogP contribution is 2.27. The molecule has 1 aromatic carbocycles. The van der Waals surface area contributed by atoms with Crippen LogP contribution in [0.5, 0.6) is 0 Å². The van der Waals surface area contributed by atoms with Gasteiger partial charge in [0.05, 0.1) is 9.90 Å². The molecule has 0 radical (unpaired) electrons. The normalized spacial score (nSPS) is 16.2. The van der Waals surface area contributed by atoms with Crippen molar-refractivity contribution in [1.82, 2.24) is 4.90 Å². The quantitative estimate of drug-likeness (QED) is 0.714. The van der Waals surface area contributed by atoms with Gasteiger partial charge in [-0.25, -0.2) is 4.39 Å². The topological polar surface area (TPSA) is 23.6 Å². The minimum atomic E-state index is -0.308. The van der Waals surface area contributed by atoms with E-state index in [2.05, 4.69) is 16.8 Å². The lowest BCUT2D eigenvalue weighted by molar-refractivity contribution is 0.0997. The van der Waals surface area contributed by atoms with Gasteiger partial charge in [-0.05, 0) is 68.2 Å². The molecule has 6 heteroatoms. The number of likely N-dealkylation sites (tertiary alicyclic amines) is 1. The van der Waals surface area contributed by atoms with Gasteiger partial charge in [-0.3, -0.25) is 4.79 Å². The number of piperidine rings is 1. The molecule has 0 N–H and O–H groups in total. The Labute approximate surface area is 157 Å². The molecule has 0 spiro atoms. The first-order valence-electron chi connectivity index (χ1n) is 8.41. The third-order valence-corrected chi connectivity index (χ3v) is 6.20. The van der Waals surface area contributed by atoms with E-state index in [-0.39, 0.29) is 18.0 Å². The summed E-state index contributed by atoms with van der Waals surface area (Å²) >= 11 is 7.35. The summed E-state index contributed by atoms with van der Waals surface area (Å²) in [6.45, 7) is 2.10. The predicted octanol–water partition coefficient (Wildman–Crippen LogP) is 4.50. The first kappa shape index (κ1) is 18.4. The molecule has 2 heterocycles. The standard InChI is InChI=1S/C19H22ClFN2OS/c1-22-6-3-15(4-7-22)23(2)16-10-13(9-14(21)12-16)11-18(24)19-17(20)5-8-25-19/h5,8-10,12,15H,3-4,6-7,11H2,1-2H3. The summed E-state index contributed by atoms with van der Waals surface area (Å²) in [6.07, 6.45) is 2.28. The number of benzene rings is 1. The minimum Gasteiger partial charge on any atom is -0.371 e. The van der Waals surface area contributed by atoms with E-state index in [1.165, 1.54) is 17.4 Å². The largest absolute Gasteiger partial charge is 0.371 e. The average molecular weight is 381 g/mol. The Morgan fingerprint density at radius 2 is 2.08 bits per heavy atom. The molecule has 1 saturated heterocycles. The van der Waals surface area contributed by atoms with Crippen LogP contribution in [0.2, 0.25) is 5.02 Å². The summed E-state index contributed by atoms with van der Waals surface area (Å²) in [5.74, 6) is -0.379. The number of thiophene rings is 1.